The minimum absolute atomic E-state index is 0.111. The zero-order chi connectivity index (χ0) is 18.9. The van der Waals surface area contributed by atoms with E-state index in [-0.39, 0.29) is 16.9 Å². The summed E-state index contributed by atoms with van der Waals surface area (Å²) in [5.74, 6) is -0.500. The highest BCUT2D eigenvalue weighted by Gasteiger charge is 2.11. The van der Waals surface area contributed by atoms with E-state index in [9.17, 15) is 9.59 Å². The third kappa shape index (κ3) is 5.82. The topological polar surface area (TPSA) is 70.2 Å². The molecule has 0 saturated heterocycles. The fourth-order valence-electron chi connectivity index (χ4n) is 2.16. The molecule has 2 aromatic carbocycles. The molecule has 0 aliphatic carbocycles. The van der Waals surface area contributed by atoms with Gasteiger partial charge in [-0.2, -0.15) is 0 Å². The van der Waals surface area contributed by atoms with Crippen molar-refractivity contribution in [2.24, 2.45) is 0 Å². The second-order valence-corrected chi connectivity index (χ2v) is 6.39. The molecule has 2 rings (SSSR count). The number of thiocarbonyl (C=S) groups is 1. The van der Waals surface area contributed by atoms with Gasteiger partial charge >= 0.3 is 0 Å². The van der Waals surface area contributed by atoms with E-state index in [1.165, 1.54) is 0 Å². The lowest BCUT2D eigenvalue weighted by molar-refractivity contribution is 0.0950. The number of unbranched alkanes of at least 4 members (excludes halogenated alkanes) is 1. The summed E-state index contributed by atoms with van der Waals surface area (Å²) in [5.41, 5.74) is 1.58. The number of carbonyl (C=O) groups excluding carboxylic acids is 2. The molecule has 0 radical (unpaired) electrons. The van der Waals surface area contributed by atoms with Crippen molar-refractivity contribution in [2.45, 2.75) is 19.8 Å². The van der Waals surface area contributed by atoms with E-state index in [4.69, 9.17) is 23.8 Å². The summed E-state index contributed by atoms with van der Waals surface area (Å²) in [4.78, 5) is 24.1. The summed E-state index contributed by atoms with van der Waals surface area (Å²) in [7, 11) is 0. The van der Waals surface area contributed by atoms with Crippen molar-refractivity contribution in [1.29, 1.82) is 0 Å². The van der Waals surface area contributed by atoms with Gasteiger partial charge in [-0.3, -0.25) is 14.9 Å². The van der Waals surface area contributed by atoms with E-state index >= 15 is 0 Å². The summed E-state index contributed by atoms with van der Waals surface area (Å²) in [6, 6.07) is 13.6. The molecule has 0 unspecified atom stereocenters. The molecule has 0 aliphatic heterocycles. The van der Waals surface area contributed by atoms with Crippen molar-refractivity contribution in [1.82, 2.24) is 10.6 Å². The Bertz CT molecular complexity index is 794. The van der Waals surface area contributed by atoms with Crippen molar-refractivity contribution >= 4 is 46.4 Å². The van der Waals surface area contributed by atoms with Crippen LogP contribution in [0.25, 0.3) is 0 Å². The normalized spacial score (nSPS) is 10.1. The predicted molar refractivity (Wildman–Crippen MR) is 109 cm³/mol. The third-order valence-electron chi connectivity index (χ3n) is 3.57. The first-order valence-electron chi connectivity index (χ1n) is 8.26. The zero-order valence-electron chi connectivity index (χ0n) is 14.3. The molecule has 0 bridgehead atoms. The first-order valence-corrected chi connectivity index (χ1v) is 9.05. The van der Waals surface area contributed by atoms with Gasteiger partial charge < -0.3 is 10.6 Å². The predicted octanol–water partition coefficient (Wildman–Crippen LogP) is 4.00. The van der Waals surface area contributed by atoms with Crippen LogP contribution < -0.4 is 16.0 Å². The number of anilines is 1. The Morgan fingerprint density at radius 2 is 1.73 bits per heavy atom. The Morgan fingerprint density at radius 1 is 1.04 bits per heavy atom. The van der Waals surface area contributed by atoms with Crippen LogP contribution in [-0.4, -0.2) is 23.5 Å². The van der Waals surface area contributed by atoms with E-state index in [1.807, 2.05) is 0 Å². The van der Waals surface area contributed by atoms with Crippen LogP contribution in [0.1, 0.15) is 40.5 Å². The van der Waals surface area contributed by atoms with Crippen LogP contribution in [0.4, 0.5) is 5.69 Å². The second-order valence-electron chi connectivity index (χ2n) is 5.57. The Labute approximate surface area is 163 Å². The quantitative estimate of drug-likeness (QED) is 0.516. The average molecular weight is 390 g/mol. The van der Waals surface area contributed by atoms with E-state index in [0.29, 0.717) is 28.4 Å². The molecular formula is C19H20ClN3O2S. The number of carbonyl (C=O) groups is 2. The Kier molecular flexibility index (Phi) is 7.56. The van der Waals surface area contributed by atoms with Crippen LogP contribution in [0.2, 0.25) is 5.02 Å². The summed E-state index contributed by atoms with van der Waals surface area (Å²) in [6.45, 7) is 2.73. The highest BCUT2D eigenvalue weighted by molar-refractivity contribution is 7.80. The first-order chi connectivity index (χ1) is 12.5. The zero-order valence-corrected chi connectivity index (χ0v) is 15.9. The first kappa shape index (κ1) is 19.9. The highest BCUT2D eigenvalue weighted by atomic mass is 35.5. The van der Waals surface area contributed by atoms with Crippen LogP contribution in [0.5, 0.6) is 0 Å². The molecule has 0 heterocycles. The molecular weight excluding hydrogens is 370 g/mol. The number of hydrogen-bond acceptors (Lipinski definition) is 3. The Hall–Kier alpha value is -2.44. The van der Waals surface area contributed by atoms with Gasteiger partial charge in [-0.05, 0) is 55.0 Å². The molecule has 26 heavy (non-hydrogen) atoms. The average Bonchev–Trinajstić information content (AvgIpc) is 2.62. The Balaban J connectivity index is 1.90. The van der Waals surface area contributed by atoms with Gasteiger partial charge in [-0.15, -0.1) is 0 Å². The molecule has 0 fully saturated rings. The lowest BCUT2D eigenvalue weighted by atomic mass is 10.2. The van der Waals surface area contributed by atoms with Gasteiger partial charge in [0.05, 0.1) is 10.6 Å². The second kappa shape index (κ2) is 9.89. The Morgan fingerprint density at radius 3 is 2.38 bits per heavy atom. The van der Waals surface area contributed by atoms with Crippen LogP contribution in [-0.2, 0) is 0 Å². The van der Waals surface area contributed by atoms with Crippen LogP contribution in [0.15, 0.2) is 48.5 Å². The van der Waals surface area contributed by atoms with Gasteiger partial charge in [0.25, 0.3) is 11.8 Å². The summed E-state index contributed by atoms with van der Waals surface area (Å²) in [5, 5.41) is 8.84. The van der Waals surface area contributed by atoms with Crippen molar-refractivity contribution < 1.29 is 9.59 Å². The monoisotopic (exact) mass is 389 g/mol. The maximum atomic E-state index is 12.2. The molecule has 136 valence electrons. The van der Waals surface area contributed by atoms with Gasteiger partial charge in [-0.1, -0.05) is 37.1 Å². The van der Waals surface area contributed by atoms with Crippen LogP contribution in [0, 0.1) is 0 Å². The molecule has 2 amide bonds. The lowest BCUT2D eigenvalue weighted by Gasteiger charge is -2.11. The van der Waals surface area contributed by atoms with Crippen molar-refractivity contribution in [3.8, 4) is 0 Å². The number of benzene rings is 2. The number of nitrogens with one attached hydrogen (secondary N) is 3. The summed E-state index contributed by atoms with van der Waals surface area (Å²) < 4.78 is 0. The maximum absolute atomic E-state index is 12.2. The number of amides is 2. The minimum atomic E-state index is -0.389. The standard InChI is InChI=1S/C19H20ClN3O2S/c1-2-3-12-21-17(24)13-8-10-14(11-9-13)22-19(26)23-18(25)15-6-4-5-7-16(15)20/h4-11H,2-3,12H2,1H3,(H,21,24)(H2,22,23,25,26). The molecule has 5 nitrogen and oxygen atoms in total. The van der Waals surface area contributed by atoms with Gasteiger partial charge in [0.15, 0.2) is 5.11 Å². The lowest BCUT2D eigenvalue weighted by Crippen LogP contribution is -2.34. The highest BCUT2D eigenvalue weighted by Crippen LogP contribution is 2.15. The van der Waals surface area contributed by atoms with Gasteiger partial charge in [0.2, 0.25) is 0 Å². The van der Waals surface area contributed by atoms with E-state index in [0.717, 1.165) is 12.8 Å². The molecule has 3 N–H and O–H groups in total. The maximum Gasteiger partial charge on any atom is 0.258 e. The molecule has 0 aliphatic rings. The van der Waals surface area contributed by atoms with E-state index in [2.05, 4.69) is 22.9 Å². The van der Waals surface area contributed by atoms with Gasteiger partial charge in [-0.25, -0.2) is 0 Å². The fourth-order valence-corrected chi connectivity index (χ4v) is 2.60. The molecule has 0 aromatic heterocycles. The molecule has 2 aromatic rings. The van der Waals surface area contributed by atoms with Crippen molar-refractivity contribution in [3.05, 3.63) is 64.7 Å². The molecule has 7 heteroatoms. The largest absolute Gasteiger partial charge is 0.352 e. The van der Waals surface area contributed by atoms with Crippen molar-refractivity contribution in [2.75, 3.05) is 11.9 Å². The van der Waals surface area contributed by atoms with E-state index in [1.54, 1.807) is 48.5 Å². The van der Waals surface area contributed by atoms with Crippen LogP contribution in [0.3, 0.4) is 0 Å². The van der Waals surface area contributed by atoms with Crippen molar-refractivity contribution in [3.63, 3.8) is 0 Å². The number of halogens is 1. The van der Waals surface area contributed by atoms with Crippen LogP contribution >= 0.6 is 23.8 Å². The molecule has 0 atom stereocenters. The van der Waals surface area contributed by atoms with Gasteiger partial charge in [0.1, 0.15) is 0 Å². The number of rotatable bonds is 6. The smallest absolute Gasteiger partial charge is 0.258 e. The van der Waals surface area contributed by atoms with E-state index < -0.39 is 0 Å². The fraction of sp³-hybridized carbons (Fsp3) is 0.211. The third-order valence-corrected chi connectivity index (χ3v) is 4.10. The summed E-state index contributed by atoms with van der Waals surface area (Å²) in [6.07, 6.45) is 1.98. The summed E-state index contributed by atoms with van der Waals surface area (Å²) >= 11 is 11.1. The minimum Gasteiger partial charge on any atom is -0.352 e. The SMILES string of the molecule is CCCCNC(=O)c1ccc(NC(=S)NC(=O)c2ccccc2Cl)cc1. The number of hydrogen-bond donors (Lipinski definition) is 3. The molecule has 0 spiro atoms. The molecule has 0 saturated carbocycles. The van der Waals surface area contributed by atoms with Gasteiger partial charge in [0, 0.05) is 17.8 Å².